The molecule has 1 heterocycles. The maximum Gasteiger partial charge on any atom is 0.168 e. The number of aromatic nitrogens is 1. The van der Waals surface area contributed by atoms with E-state index in [-0.39, 0.29) is 5.11 Å². The fraction of sp³-hybridized carbons (Fsp3) is 0. The minimum Gasteiger partial charge on any atom is -0.376 e. The first-order valence-electron chi connectivity index (χ1n) is 6.40. The number of benzene rings is 2. The number of thiazole rings is 1. The molecule has 3 N–H and O–H groups in total. The molecule has 5 heteroatoms. The van der Waals surface area contributed by atoms with Crippen LogP contribution in [0.15, 0.2) is 60.0 Å². The van der Waals surface area contributed by atoms with E-state index in [1.807, 2.05) is 42.5 Å². The van der Waals surface area contributed by atoms with Crippen LogP contribution in [0, 0.1) is 0 Å². The van der Waals surface area contributed by atoms with E-state index in [0.29, 0.717) is 0 Å². The Labute approximate surface area is 132 Å². The number of hydrogen-bond donors (Lipinski definition) is 2. The monoisotopic (exact) mass is 311 g/mol. The van der Waals surface area contributed by atoms with Crippen molar-refractivity contribution in [2.24, 2.45) is 5.73 Å². The zero-order valence-electron chi connectivity index (χ0n) is 11.1. The quantitative estimate of drug-likeness (QED) is 0.714. The highest BCUT2D eigenvalue weighted by Crippen LogP contribution is 2.29. The van der Waals surface area contributed by atoms with E-state index in [1.165, 1.54) is 0 Å². The van der Waals surface area contributed by atoms with Gasteiger partial charge in [0, 0.05) is 22.2 Å². The van der Waals surface area contributed by atoms with Gasteiger partial charge in [-0.3, -0.25) is 0 Å². The van der Waals surface area contributed by atoms with Crippen LogP contribution in [0.5, 0.6) is 0 Å². The first-order valence-corrected chi connectivity index (χ1v) is 7.69. The molecular weight excluding hydrogens is 298 g/mol. The van der Waals surface area contributed by atoms with Crippen LogP contribution in [0.1, 0.15) is 0 Å². The first-order chi connectivity index (χ1) is 10.2. The van der Waals surface area contributed by atoms with E-state index in [1.54, 1.807) is 11.3 Å². The van der Waals surface area contributed by atoms with Crippen molar-refractivity contribution in [3.05, 3.63) is 60.0 Å². The Bertz CT molecular complexity index is 749. The van der Waals surface area contributed by atoms with Crippen molar-refractivity contribution in [2.45, 2.75) is 0 Å². The van der Waals surface area contributed by atoms with E-state index < -0.39 is 0 Å². The fourth-order valence-electron chi connectivity index (χ4n) is 1.99. The molecule has 0 spiro atoms. The SMILES string of the molecule is NC(=S)Nc1ccc(-c2csc(-c3ccccc3)n2)cc1. The molecule has 0 unspecified atom stereocenters. The van der Waals surface area contributed by atoms with Crippen LogP contribution in [0.2, 0.25) is 0 Å². The van der Waals surface area contributed by atoms with Crippen LogP contribution in [0.4, 0.5) is 5.69 Å². The molecule has 0 atom stereocenters. The lowest BCUT2D eigenvalue weighted by atomic mass is 10.1. The van der Waals surface area contributed by atoms with Crippen LogP contribution >= 0.6 is 23.6 Å². The molecule has 0 aliphatic carbocycles. The molecule has 0 bridgehead atoms. The summed E-state index contributed by atoms with van der Waals surface area (Å²) in [4.78, 5) is 4.69. The van der Waals surface area contributed by atoms with Gasteiger partial charge in [0.2, 0.25) is 0 Å². The number of thiocarbonyl (C=S) groups is 1. The van der Waals surface area contributed by atoms with E-state index in [4.69, 9.17) is 18.0 Å². The highest BCUT2D eigenvalue weighted by molar-refractivity contribution is 7.80. The summed E-state index contributed by atoms with van der Waals surface area (Å²) in [6.07, 6.45) is 0. The summed E-state index contributed by atoms with van der Waals surface area (Å²) < 4.78 is 0. The fourth-order valence-corrected chi connectivity index (χ4v) is 2.94. The lowest BCUT2D eigenvalue weighted by molar-refractivity contribution is 1.40. The molecule has 3 rings (SSSR count). The van der Waals surface area contributed by atoms with Gasteiger partial charge >= 0.3 is 0 Å². The Hall–Kier alpha value is -2.24. The number of nitrogens with one attached hydrogen (secondary N) is 1. The molecule has 2 aromatic carbocycles. The van der Waals surface area contributed by atoms with Crippen LogP contribution in [-0.4, -0.2) is 10.1 Å². The molecule has 0 saturated heterocycles. The second kappa shape index (κ2) is 6.03. The number of hydrogen-bond acceptors (Lipinski definition) is 3. The highest BCUT2D eigenvalue weighted by atomic mass is 32.1. The molecule has 0 radical (unpaired) electrons. The Kier molecular flexibility index (Phi) is 3.94. The average molecular weight is 311 g/mol. The Morgan fingerprint density at radius 3 is 2.38 bits per heavy atom. The van der Waals surface area contributed by atoms with Crippen molar-refractivity contribution >= 4 is 34.4 Å². The summed E-state index contributed by atoms with van der Waals surface area (Å²) >= 11 is 6.46. The summed E-state index contributed by atoms with van der Waals surface area (Å²) in [5.74, 6) is 0. The molecule has 1 aromatic heterocycles. The van der Waals surface area contributed by atoms with E-state index in [0.717, 1.165) is 27.5 Å². The molecule has 0 amide bonds. The lowest BCUT2D eigenvalue weighted by Crippen LogP contribution is -2.18. The van der Waals surface area contributed by atoms with Gasteiger partial charge in [-0.1, -0.05) is 42.5 Å². The van der Waals surface area contributed by atoms with Gasteiger partial charge < -0.3 is 11.1 Å². The molecule has 3 nitrogen and oxygen atoms in total. The predicted octanol–water partition coefficient (Wildman–Crippen LogP) is 4.13. The molecule has 3 aromatic rings. The molecular formula is C16H13N3S2. The van der Waals surface area contributed by atoms with Gasteiger partial charge in [-0.2, -0.15) is 0 Å². The Morgan fingerprint density at radius 1 is 1.00 bits per heavy atom. The van der Waals surface area contributed by atoms with Crippen molar-refractivity contribution in [3.63, 3.8) is 0 Å². The largest absolute Gasteiger partial charge is 0.376 e. The number of nitrogens with two attached hydrogens (primary N) is 1. The summed E-state index contributed by atoms with van der Waals surface area (Å²) in [6.45, 7) is 0. The topological polar surface area (TPSA) is 50.9 Å². The second-order valence-electron chi connectivity index (χ2n) is 4.47. The summed E-state index contributed by atoms with van der Waals surface area (Å²) in [5.41, 5.74) is 9.51. The molecule has 0 fully saturated rings. The first kappa shape index (κ1) is 13.7. The van der Waals surface area contributed by atoms with Gasteiger partial charge in [0.15, 0.2) is 5.11 Å². The van der Waals surface area contributed by atoms with Crippen LogP contribution in [-0.2, 0) is 0 Å². The van der Waals surface area contributed by atoms with Gasteiger partial charge in [-0.05, 0) is 24.4 Å². The van der Waals surface area contributed by atoms with E-state index in [2.05, 4.69) is 27.8 Å². The summed E-state index contributed by atoms with van der Waals surface area (Å²) in [6, 6.07) is 18.1. The normalized spacial score (nSPS) is 10.3. The van der Waals surface area contributed by atoms with Gasteiger partial charge in [0.05, 0.1) is 5.69 Å². The summed E-state index contributed by atoms with van der Waals surface area (Å²) in [5, 5.41) is 6.26. The van der Waals surface area contributed by atoms with Gasteiger partial charge in [-0.15, -0.1) is 11.3 Å². The van der Waals surface area contributed by atoms with Crippen molar-refractivity contribution in [1.82, 2.24) is 4.98 Å². The molecule has 21 heavy (non-hydrogen) atoms. The van der Waals surface area contributed by atoms with Crippen LogP contribution in [0.25, 0.3) is 21.8 Å². The number of rotatable bonds is 3. The third-order valence-electron chi connectivity index (χ3n) is 2.97. The third kappa shape index (κ3) is 3.26. The highest BCUT2D eigenvalue weighted by Gasteiger charge is 2.06. The zero-order chi connectivity index (χ0) is 14.7. The van der Waals surface area contributed by atoms with Crippen molar-refractivity contribution in [2.75, 3.05) is 5.32 Å². The zero-order valence-corrected chi connectivity index (χ0v) is 12.7. The molecule has 0 aliphatic heterocycles. The second-order valence-corrected chi connectivity index (χ2v) is 5.77. The maximum atomic E-state index is 5.45. The van der Waals surface area contributed by atoms with Crippen molar-refractivity contribution in [1.29, 1.82) is 0 Å². The average Bonchev–Trinajstić information content (AvgIpc) is 2.98. The number of nitrogens with zero attached hydrogens (tertiary/aromatic N) is 1. The van der Waals surface area contributed by atoms with Gasteiger partial charge in [-0.25, -0.2) is 4.98 Å². The Morgan fingerprint density at radius 2 is 1.71 bits per heavy atom. The van der Waals surface area contributed by atoms with Crippen LogP contribution in [0.3, 0.4) is 0 Å². The van der Waals surface area contributed by atoms with E-state index >= 15 is 0 Å². The Balaban J connectivity index is 1.85. The maximum absolute atomic E-state index is 5.45. The van der Waals surface area contributed by atoms with Crippen molar-refractivity contribution < 1.29 is 0 Å². The minimum absolute atomic E-state index is 0.266. The van der Waals surface area contributed by atoms with Gasteiger partial charge in [0.25, 0.3) is 0 Å². The molecule has 0 aliphatic rings. The number of anilines is 1. The standard InChI is InChI=1S/C16H13N3S2/c17-16(20)18-13-8-6-11(7-9-13)14-10-21-15(19-14)12-4-2-1-3-5-12/h1-10H,(H3,17,18,20). The smallest absolute Gasteiger partial charge is 0.168 e. The molecule has 104 valence electrons. The lowest BCUT2D eigenvalue weighted by Gasteiger charge is -2.04. The van der Waals surface area contributed by atoms with Crippen LogP contribution < -0.4 is 11.1 Å². The predicted molar refractivity (Wildman–Crippen MR) is 93.4 cm³/mol. The minimum atomic E-state index is 0.266. The third-order valence-corrected chi connectivity index (χ3v) is 3.97. The van der Waals surface area contributed by atoms with Crippen molar-refractivity contribution in [3.8, 4) is 21.8 Å². The van der Waals surface area contributed by atoms with Gasteiger partial charge in [0.1, 0.15) is 5.01 Å². The van der Waals surface area contributed by atoms with E-state index in [9.17, 15) is 0 Å². The molecule has 0 saturated carbocycles. The summed E-state index contributed by atoms with van der Waals surface area (Å²) in [7, 11) is 0.